The highest BCUT2D eigenvalue weighted by molar-refractivity contribution is 7.16. The molecule has 0 aliphatic heterocycles. The minimum atomic E-state index is -1.31. The Morgan fingerprint density at radius 1 is 0.800 bits per heavy atom. The Labute approximate surface area is 233 Å². The molecule has 0 fully saturated rings. The second kappa shape index (κ2) is 11.8. The lowest BCUT2D eigenvalue weighted by molar-refractivity contribution is -0.132. The van der Waals surface area contributed by atoms with E-state index in [0.29, 0.717) is 34.5 Å². The minimum absolute atomic E-state index is 0.101. The predicted octanol–water partition coefficient (Wildman–Crippen LogP) is 5.72. The Balaban J connectivity index is 1.25. The number of hydrogen-bond donors (Lipinski definition) is 1. The number of Topliss-reactive ketones (excluding diaryl/α,β-unsaturated/α-hetero) is 1. The van der Waals surface area contributed by atoms with Gasteiger partial charge in [0.25, 0.3) is 0 Å². The molecule has 8 heteroatoms. The summed E-state index contributed by atoms with van der Waals surface area (Å²) in [6, 6.07) is 29.2. The second-order valence-corrected chi connectivity index (χ2v) is 9.87. The highest BCUT2D eigenvalue weighted by atomic mass is 32.1. The molecule has 0 saturated heterocycles. The first-order valence-corrected chi connectivity index (χ1v) is 13.2. The largest absolute Gasteiger partial charge is 0.492 e. The van der Waals surface area contributed by atoms with E-state index in [2.05, 4.69) is 0 Å². The first kappa shape index (κ1) is 26.5. The van der Waals surface area contributed by atoms with E-state index < -0.39 is 11.8 Å². The fourth-order valence-corrected chi connectivity index (χ4v) is 5.18. The van der Waals surface area contributed by atoms with E-state index in [9.17, 15) is 24.3 Å². The van der Waals surface area contributed by atoms with Crippen LogP contribution >= 0.6 is 11.3 Å². The number of carboxylic acid groups (broad SMARTS) is 1. The van der Waals surface area contributed by atoms with Crippen LogP contribution in [0, 0.1) is 0 Å². The maximum Gasteiger partial charge on any atom is 0.339 e. The van der Waals surface area contributed by atoms with Crippen LogP contribution in [-0.2, 0) is 11.3 Å². The number of benzene rings is 4. The van der Waals surface area contributed by atoms with Gasteiger partial charge in [-0.05, 0) is 42.0 Å². The summed E-state index contributed by atoms with van der Waals surface area (Å²) >= 11 is 1.08. The van der Waals surface area contributed by atoms with E-state index in [0.717, 1.165) is 21.6 Å². The Morgan fingerprint density at radius 3 is 2.10 bits per heavy atom. The quantitative estimate of drug-likeness (QED) is 0.103. The van der Waals surface area contributed by atoms with Crippen molar-refractivity contribution in [2.24, 2.45) is 0 Å². The van der Waals surface area contributed by atoms with Crippen LogP contribution in [0.1, 0.15) is 31.8 Å². The van der Waals surface area contributed by atoms with Crippen molar-refractivity contribution >= 4 is 45.2 Å². The Kier molecular flexibility index (Phi) is 7.80. The van der Waals surface area contributed by atoms with E-state index in [4.69, 9.17) is 4.74 Å². The summed E-state index contributed by atoms with van der Waals surface area (Å²) < 4.78 is 8.15. The molecule has 198 valence electrons. The number of rotatable bonds is 10. The molecular formula is C32H23NO6S. The summed E-state index contributed by atoms with van der Waals surface area (Å²) in [5.74, 6) is -1.44. The van der Waals surface area contributed by atoms with Crippen LogP contribution < -0.4 is 9.61 Å². The molecule has 1 aromatic heterocycles. The number of fused-ring (bicyclic) bond motifs is 1. The summed E-state index contributed by atoms with van der Waals surface area (Å²) in [5.41, 5.74) is 2.34. The minimum Gasteiger partial charge on any atom is -0.492 e. The third-order valence-corrected chi connectivity index (χ3v) is 7.19. The molecule has 0 aliphatic rings. The molecule has 0 unspecified atom stereocenters. The summed E-state index contributed by atoms with van der Waals surface area (Å²) in [4.78, 5) is 49.6. The van der Waals surface area contributed by atoms with Crippen LogP contribution in [0.4, 0.5) is 0 Å². The second-order valence-electron chi connectivity index (χ2n) is 8.87. The highest BCUT2D eigenvalue weighted by Crippen LogP contribution is 2.22. The van der Waals surface area contributed by atoms with Gasteiger partial charge in [-0.15, -0.1) is 0 Å². The average Bonchev–Trinajstić information content (AvgIpc) is 3.30. The van der Waals surface area contributed by atoms with Crippen LogP contribution in [0.15, 0.2) is 113 Å². The van der Waals surface area contributed by atoms with Crippen LogP contribution in [0.2, 0.25) is 0 Å². The van der Waals surface area contributed by atoms with Gasteiger partial charge in [-0.1, -0.05) is 84.1 Å². The zero-order chi connectivity index (χ0) is 28.1. The van der Waals surface area contributed by atoms with Gasteiger partial charge in [0.05, 0.1) is 16.8 Å². The maximum atomic E-state index is 12.8. The van der Waals surface area contributed by atoms with Gasteiger partial charge < -0.3 is 9.84 Å². The van der Waals surface area contributed by atoms with Gasteiger partial charge in [0.1, 0.15) is 17.9 Å². The standard InChI is InChI=1S/C32H23NO6S/c34-29(22-7-3-1-4-8-22)24-13-16-27-28(20-24)40-32(38)33(27)17-18-39-25-14-11-21(12-15-25)19-26(31(36)37)30(35)23-9-5-2-6-10-23/h1-16,19-20H,17-18H2,(H,36,37). The fraction of sp³-hybridized carbons (Fsp3) is 0.0625. The van der Waals surface area contributed by atoms with Crippen molar-refractivity contribution in [1.82, 2.24) is 4.57 Å². The fourth-order valence-electron chi connectivity index (χ4n) is 4.23. The van der Waals surface area contributed by atoms with Crippen molar-refractivity contribution in [2.45, 2.75) is 6.54 Å². The van der Waals surface area contributed by atoms with Gasteiger partial charge >= 0.3 is 10.8 Å². The van der Waals surface area contributed by atoms with Gasteiger partial charge in [0.15, 0.2) is 11.6 Å². The molecule has 1 N–H and O–H groups in total. The highest BCUT2D eigenvalue weighted by Gasteiger charge is 2.19. The lowest BCUT2D eigenvalue weighted by atomic mass is 10.0. The normalized spacial score (nSPS) is 11.3. The molecule has 0 atom stereocenters. The number of ether oxygens (including phenoxy) is 1. The summed E-state index contributed by atoms with van der Waals surface area (Å²) in [6.45, 7) is 0.527. The van der Waals surface area contributed by atoms with Crippen molar-refractivity contribution < 1.29 is 24.2 Å². The van der Waals surface area contributed by atoms with E-state index in [1.165, 1.54) is 6.08 Å². The maximum absolute atomic E-state index is 12.8. The Hall–Kier alpha value is -5.08. The third kappa shape index (κ3) is 5.82. The monoisotopic (exact) mass is 549 g/mol. The number of carbonyl (C=O) groups excluding carboxylic acids is 2. The van der Waals surface area contributed by atoms with Crippen molar-refractivity contribution in [2.75, 3.05) is 6.61 Å². The number of thiazole rings is 1. The van der Waals surface area contributed by atoms with E-state index in [-0.39, 0.29) is 22.8 Å². The number of aromatic nitrogens is 1. The molecule has 0 spiro atoms. The lowest BCUT2D eigenvalue weighted by Crippen LogP contribution is -2.17. The molecule has 0 saturated carbocycles. The zero-order valence-electron chi connectivity index (χ0n) is 21.2. The van der Waals surface area contributed by atoms with Gasteiger partial charge in [0.2, 0.25) is 0 Å². The molecule has 5 aromatic rings. The van der Waals surface area contributed by atoms with Crippen LogP contribution in [-0.4, -0.2) is 33.8 Å². The van der Waals surface area contributed by atoms with Crippen molar-refractivity contribution in [1.29, 1.82) is 0 Å². The number of carboxylic acids is 1. The van der Waals surface area contributed by atoms with Crippen LogP contribution in [0.5, 0.6) is 5.75 Å². The molecule has 0 aliphatic carbocycles. The average molecular weight is 550 g/mol. The van der Waals surface area contributed by atoms with Crippen LogP contribution in [0.3, 0.4) is 0 Å². The molecule has 1 heterocycles. The predicted molar refractivity (Wildman–Crippen MR) is 154 cm³/mol. The van der Waals surface area contributed by atoms with Gasteiger partial charge in [-0.3, -0.25) is 19.0 Å². The topological polar surface area (TPSA) is 103 Å². The molecule has 5 rings (SSSR count). The molecule has 0 radical (unpaired) electrons. The number of nitrogens with zero attached hydrogens (tertiary/aromatic N) is 1. The third-order valence-electron chi connectivity index (χ3n) is 6.25. The molecule has 0 amide bonds. The van der Waals surface area contributed by atoms with E-state index >= 15 is 0 Å². The summed E-state index contributed by atoms with van der Waals surface area (Å²) in [6.07, 6.45) is 1.33. The van der Waals surface area contributed by atoms with Crippen molar-refractivity contribution in [3.63, 3.8) is 0 Å². The molecular weight excluding hydrogens is 526 g/mol. The van der Waals surface area contributed by atoms with Gasteiger partial charge in [0, 0.05) is 16.7 Å². The van der Waals surface area contributed by atoms with Crippen molar-refractivity contribution in [3.05, 3.63) is 141 Å². The Morgan fingerprint density at radius 2 is 1.45 bits per heavy atom. The molecule has 4 aromatic carbocycles. The van der Waals surface area contributed by atoms with E-state index in [1.807, 2.05) is 18.2 Å². The number of carbonyl (C=O) groups is 3. The smallest absolute Gasteiger partial charge is 0.339 e. The van der Waals surface area contributed by atoms with Crippen LogP contribution in [0.25, 0.3) is 16.3 Å². The summed E-state index contributed by atoms with van der Waals surface area (Å²) in [5, 5.41) is 9.56. The first-order valence-electron chi connectivity index (χ1n) is 12.4. The SMILES string of the molecule is O=C(O)C(=Cc1ccc(OCCn2c(=O)sc3cc(C(=O)c4ccccc4)ccc32)cc1)C(=O)c1ccccc1. The molecule has 0 bridgehead atoms. The lowest BCUT2D eigenvalue weighted by Gasteiger charge is -2.08. The zero-order valence-corrected chi connectivity index (χ0v) is 22.0. The first-order chi connectivity index (χ1) is 19.4. The van der Waals surface area contributed by atoms with Gasteiger partial charge in [-0.2, -0.15) is 0 Å². The molecule has 40 heavy (non-hydrogen) atoms. The Bertz CT molecular complexity index is 1780. The number of ketones is 2. The number of hydrogen-bond acceptors (Lipinski definition) is 6. The number of aliphatic carboxylic acids is 1. The molecule has 7 nitrogen and oxygen atoms in total. The summed E-state index contributed by atoms with van der Waals surface area (Å²) in [7, 11) is 0. The van der Waals surface area contributed by atoms with Gasteiger partial charge in [-0.25, -0.2) is 4.79 Å². The van der Waals surface area contributed by atoms with Crippen molar-refractivity contribution in [3.8, 4) is 5.75 Å². The van der Waals surface area contributed by atoms with E-state index in [1.54, 1.807) is 89.5 Å².